The van der Waals surface area contributed by atoms with Crippen LogP contribution in [0, 0.1) is 23.5 Å². The molecule has 0 aliphatic rings. The van der Waals surface area contributed by atoms with E-state index < -0.39 is 0 Å². The van der Waals surface area contributed by atoms with E-state index in [2.05, 4.69) is 54.6 Å². The molecule has 0 saturated heterocycles. The van der Waals surface area contributed by atoms with Gasteiger partial charge in [0.25, 0.3) is 0 Å². The van der Waals surface area contributed by atoms with Crippen molar-refractivity contribution in [3.05, 3.63) is 115 Å². The fraction of sp³-hybridized carbons (Fsp3) is 0.121. The van der Waals surface area contributed by atoms with Crippen molar-refractivity contribution < 1.29 is 25.8 Å². The molecule has 3 aromatic carbocycles. The van der Waals surface area contributed by atoms with E-state index in [9.17, 15) is 5.26 Å². The fourth-order valence-electron chi connectivity index (χ4n) is 4.59. The topological polar surface area (TPSA) is 63.7 Å². The van der Waals surface area contributed by atoms with Crippen molar-refractivity contribution in [2.24, 2.45) is 0 Å². The van der Waals surface area contributed by atoms with Crippen molar-refractivity contribution in [2.75, 3.05) is 0 Å². The van der Waals surface area contributed by atoms with Crippen LogP contribution in [0.4, 0.5) is 0 Å². The van der Waals surface area contributed by atoms with Gasteiger partial charge in [-0.2, -0.15) is 11.3 Å². The van der Waals surface area contributed by atoms with Crippen molar-refractivity contribution in [1.29, 1.82) is 5.26 Å². The minimum absolute atomic E-state index is 0. The molecular formula is C33H24N4OPt. The van der Waals surface area contributed by atoms with Crippen LogP contribution in [0.1, 0.15) is 31.9 Å². The molecule has 0 amide bonds. The van der Waals surface area contributed by atoms with Crippen LogP contribution >= 0.6 is 0 Å². The summed E-state index contributed by atoms with van der Waals surface area (Å²) in [4.78, 5) is 9.13. The van der Waals surface area contributed by atoms with Gasteiger partial charge in [-0.15, -0.1) is 41.3 Å². The number of aromatic nitrogens is 3. The molecule has 0 radical (unpaired) electrons. The van der Waals surface area contributed by atoms with Gasteiger partial charge < -0.3 is 14.3 Å². The maximum Gasteiger partial charge on any atom is 2.00 e. The van der Waals surface area contributed by atoms with Crippen LogP contribution in [0.15, 0.2) is 91.3 Å². The molecule has 0 spiro atoms. The molecular weight excluding hydrogens is 663 g/mol. The molecule has 0 fully saturated rings. The average molecular weight is 688 g/mol. The summed E-state index contributed by atoms with van der Waals surface area (Å²) in [5, 5.41) is 11.6. The van der Waals surface area contributed by atoms with Crippen LogP contribution in [0.5, 0.6) is 11.5 Å². The molecule has 0 N–H and O–H groups in total. The summed E-state index contributed by atoms with van der Waals surface area (Å²) in [6.07, 6.45) is 3.60. The standard InChI is InChI=1S/C33H24N4O.Pt/c1-33(2,3)24-14-16-36-32(19-24)37-30-17-22(21-34)10-12-27(30)28-13-11-26(20-31(28)37)38-25-8-6-7-23(18-25)29-9-4-5-15-35-29;/h4-17,19H,1-3H3;/q-2;+2. The molecule has 0 atom stereocenters. The Balaban J connectivity index is 0.00000308. The second-order valence-corrected chi connectivity index (χ2v) is 10.2. The van der Waals surface area contributed by atoms with Crippen LogP contribution < -0.4 is 4.74 Å². The van der Waals surface area contributed by atoms with E-state index >= 15 is 0 Å². The molecule has 192 valence electrons. The van der Waals surface area contributed by atoms with Gasteiger partial charge in [0.2, 0.25) is 0 Å². The van der Waals surface area contributed by atoms with Gasteiger partial charge in [0.15, 0.2) is 0 Å². The van der Waals surface area contributed by atoms with E-state index in [1.165, 1.54) is 5.56 Å². The van der Waals surface area contributed by atoms with Gasteiger partial charge in [0.05, 0.1) is 11.6 Å². The maximum absolute atomic E-state index is 9.59. The molecule has 0 saturated carbocycles. The molecule has 39 heavy (non-hydrogen) atoms. The number of ether oxygens (including phenoxy) is 1. The first-order valence-corrected chi connectivity index (χ1v) is 12.4. The first-order chi connectivity index (χ1) is 18.4. The second-order valence-electron chi connectivity index (χ2n) is 10.2. The van der Waals surface area contributed by atoms with E-state index in [1.807, 2.05) is 79.0 Å². The second kappa shape index (κ2) is 10.5. The van der Waals surface area contributed by atoms with Crippen LogP contribution in [-0.2, 0) is 26.5 Å². The summed E-state index contributed by atoms with van der Waals surface area (Å²) < 4.78 is 8.29. The van der Waals surface area contributed by atoms with Crippen molar-refractivity contribution in [3.63, 3.8) is 0 Å². The summed E-state index contributed by atoms with van der Waals surface area (Å²) >= 11 is 0. The Morgan fingerprint density at radius 1 is 0.821 bits per heavy atom. The van der Waals surface area contributed by atoms with E-state index in [-0.39, 0.29) is 26.5 Å². The number of rotatable bonds is 4. The molecule has 3 heterocycles. The summed E-state index contributed by atoms with van der Waals surface area (Å²) in [7, 11) is 0. The van der Waals surface area contributed by atoms with Crippen LogP contribution in [0.2, 0.25) is 0 Å². The monoisotopic (exact) mass is 687 g/mol. The van der Waals surface area contributed by atoms with E-state index in [4.69, 9.17) is 9.72 Å². The summed E-state index contributed by atoms with van der Waals surface area (Å²) in [6, 6.07) is 34.4. The first kappa shape index (κ1) is 26.3. The van der Waals surface area contributed by atoms with Crippen LogP contribution in [0.3, 0.4) is 0 Å². The molecule has 0 bridgehead atoms. The molecule has 5 nitrogen and oxygen atoms in total. The third-order valence-corrected chi connectivity index (χ3v) is 6.55. The minimum atomic E-state index is -0.0410. The largest absolute Gasteiger partial charge is 2.00 e. The Morgan fingerprint density at radius 3 is 2.41 bits per heavy atom. The molecule has 6 rings (SSSR count). The summed E-state index contributed by atoms with van der Waals surface area (Å²) in [6.45, 7) is 6.54. The summed E-state index contributed by atoms with van der Waals surface area (Å²) in [5.41, 5.74) is 5.12. The van der Waals surface area contributed by atoms with E-state index in [0.29, 0.717) is 17.1 Å². The van der Waals surface area contributed by atoms with Crippen LogP contribution in [-0.4, -0.2) is 14.5 Å². The quantitative estimate of drug-likeness (QED) is 0.178. The smallest absolute Gasteiger partial charge is 0.503 e. The van der Waals surface area contributed by atoms with Gasteiger partial charge in [-0.1, -0.05) is 50.6 Å². The molecule has 0 aliphatic carbocycles. The predicted octanol–water partition coefficient (Wildman–Crippen LogP) is 7.80. The third kappa shape index (κ3) is 5.09. The number of benzene rings is 3. The normalized spacial score (nSPS) is 11.2. The van der Waals surface area contributed by atoms with Gasteiger partial charge in [0, 0.05) is 29.4 Å². The number of pyridine rings is 2. The zero-order valence-electron chi connectivity index (χ0n) is 21.7. The Labute approximate surface area is 242 Å². The van der Waals surface area contributed by atoms with Gasteiger partial charge in [-0.05, 0) is 52.4 Å². The average Bonchev–Trinajstić information content (AvgIpc) is 3.26. The number of hydrogen-bond donors (Lipinski definition) is 0. The SMILES string of the molecule is CC(C)(C)c1ccnc(-n2c3[c-]c(Oc4[c-]c(-c5ccccn5)ccc4)ccc3c3ccc(C#N)cc32)c1.[Pt+2]. The molecule has 6 aromatic rings. The zero-order chi connectivity index (χ0) is 26.3. The van der Waals surface area contributed by atoms with Crippen molar-refractivity contribution in [1.82, 2.24) is 14.5 Å². The molecule has 0 aliphatic heterocycles. The number of nitrogens with zero attached hydrogens (tertiary/aromatic N) is 4. The fourth-order valence-corrected chi connectivity index (χ4v) is 4.59. The van der Waals surface area contributed by atoms with Crippen molar-refractivity contribution in [3.8, 4) is 34.6 Å². The van der Waals surface area contributed by atoms with Gasteiger partial charge in [-0.3, -0.25) is 0 Å². The van der Waals surface area contributed by atoms with E-state index in [1.54, 1.807) is 6.20 Å². The van der Waals surface area contributed by atoms with Gasteiger partial charge in [0.1, 0.15) is 5.82 Å². The van der Waals surface area contributed by atoms with Crippen molar-refractivity contribution >= 4 is 21.8 Å². The van der Waals surface area contributed by atoms with Gasteiger partial charge in [-0.25, -0.2) is 4.98 Å². The summed E-state index contributed by atoms with van der Waals surface area (Å²) in [5.74, 6) is 1.90. The van der Waals surface area contributed by atoms with Gasteiger partial charge >= 0.3 is 21.1 Å². The number of hydrogen-bond acceptors (Lipinski definition) is 4. The Hall–Kier alpha value is -4.26. The maximum atomic E-state index is 9.59. The zero-order valence-corrected chi connectivity index (χ0v) is 23.9. The first-order valence-electron chi connectivity index (χ1n) is 12.4. The molecule has 3 aromatic heterocycles. The minimum Gasteiger partial charge on any atom is -0.503 e. The molecule has 6 heteroatoms. The van der Waals surface area contributed by atoms with E-state index in [0.717, 1.165) is 38.9 Å². The number of nitriles is 1. The van der Waals surface area contributed by atoms with Crippen LogP contribution in [0.25, 0.3) is 38.9 Å². The predicted molar refractivity (Wildman–Crippen MR) is 149 cm³/mol. The van der Waals surface area contributed by atoms with Crippen molar-refractivity contribution in [2.45, 2.75) is 26.2 Å². The third-order valence-electron chi connectivity index (χ3n) is 6.55. The Kier molecular flexibility index (Phi) is 7.08. The Bertz CT molecular complexity index is 1850. The Morgan fingerprint density at radius 2 is 1.64 bits per heavy atom. The molecule has 0 unspecified atom stereocenters. The number of fused-ring (bicyclic) bond motifs is 3.